The van der Waals surface area contributed by atoms with Gasteiger partial charge in [0.2, 0.25) is 0 Å². The normalized spacial score (nSPS) is 29.3. The first-order valence-electron chi connectivity index (χ1n) is 10.7. The van der Waals surface area contributed by atoms with Gasteiger partial charge in [-0.15, -0.1) is 0 Å². The Hall–Kier alpha value is -1.60. The van der Waals surface area contributed by atoms with Gasteiger partial charge in [-0.1, -0.05) is 60.5 Å². The smallest absolute Gasteiger partial charge is 0.0126 e. The maximum absolute atomic E-state index is 2.86. The minimum atomic E-state index is 0.724. The predicted molar refractivity (Wildman–Crippen MR) is 109 cm³/mol. The monoisotopic (exact) mass is 345 g/mol. The Morgan fingerprint density at radius 1 is 0.808 bits per heavy atom. The summed E-state index contributed by atoms with van der Waals surface area (Å²) in [6.07, 6.45) is 8.71. The van der Waals surface area contributed by atoms with Crippen molar-refractivity contribution in [2.45, 2.75) is 57.4 Å². The van der Waals surface area contributed by atoms with E-state index in [1.54, 1.807) is 5.56 Å². The van der Waals surface area contributed by atoms with E-state index >= 15 is 0 Å². The second-order valence-electron chi connectivity index (χ2n) is 9.01. The average molecular weight is 346 g/mol. The van der Waals surface area contributed by atoms with E-state index < -0.39 is 0 Å². The van der Waals surface area contributed by atoms with Crippen molar-refractivity contribution in [3.05, 3.63) is 59.7 Å². The maximum atomic E-state index is 2.86. The van der Waals surface area contributed by atoms with Crippen LogP contribution in [0.2, 0.25) is 0 Å². The molecule has 3 atom stereocenters. The lowest BCUT2D eigenvalue weighted by molar-refractivity contribution is 0.111. The number of piperidine rings is 1. The first-order chi connectivity index (χ1) is 12.8. The topological polar surface area (TPSA) is 3.24 Å². The van der Waals surface area contributed by atoms with Gasteiger partial charge in [-0.2, -0.15) is 0 Å². The Labute approximate surface area is 158 Å². The van der Waals surface area contributed by atoms with Crippen molar-refractivity contribution in [2.75, 3.05) is 13.1 Å². The Morgan fingerprint density at radius 2 is 1.58 bits per heavy atom. The van der Waals surface area contributed by atoms with E-state index in [-0.39, 0.29) is 0 Å². The second-order valence-corrected chi connectivity index (χ2v) is 9.01. The van der Waals surface area contributed by atoms with Crippen molar-refractivity contribution >= 4 is 0 Å². The molecule has 2 aliphatic carbocycles. The molecule has 2 saturated carbocycles. The number of aryl methyl sites for hydroxylation is 1. The molecule has 3 aliphatic rings. The summed E-state index contributed by atoms with van der Waals surface area (Å²) in [5.41, 5.74) is 5.74. The van der Waals surface area contributed by atoms with E-state index in [4.69, 9.17) is 0 Å². The lowest BCUT2D eigenvalue weighted by atomic mass is 9.83. The number of fused-ring (bicyclic) bond motifs is 2. The summed E-state index contributed by atoms with van der Waals surface area (Å²) in [6, 6.07) is 19.1. The third-order valence-electron chi connectivity index (χ3n) is 7.46. The van der Waals surface area contributed by atoms with Crippen molar-refractivity contribution in [1.82, 2.24) is 4.90 Å². The highest BCUT2D eigenvalue weighted by Crippen LogP contribution is 2.47. The minimum absolute atomic E-state index is 0.724. The maximum Gasteiger partial charge on any atom is 0.0126 e. The summed E-state index contributed by atoms with van der Waals surface area (Å²) in [4.78, 5) is 2.86. The molecule has 0 unspecified atom stereocenters. The predicted octanol–water partition coefficient (Wildman–Crippen LogP) is 6.03. The largest absolute Gasteiger partial charge is 0.300 e. The minimum Gasteiger partial charge on any atom is -0.300 e. The van der Waals surface area contributed by atoms with Gasteiger partial charge in [-0.05, 0) is 86.6 Å². The molecule has 0 amide bonds. The van der Waals surface area contributed by atoms with Crippen LogP contribution >= 0.6 is 0 Å². The van der Waals surface area contributed by atoms with Crippen LogP contribution < -0.4 is 0 Å². The molecule has 1 heterocycles. The molecule has 1 saturated heterocycles. The van der Waals surface area contributed by atoms with Crippen LogP contribution in [0.1, 0.15) is 55.6 Å². The number of nitrogens with zero attached hydrogens (tertiary/aromatic N) is 1. The molecule has 5 rings (SSSR count). The van der Waals surface area contributed by atoms with Gasteiger partial charge in [-0.3, -0.25) is 0 Å². The summed E-state index contributed by atoms with van der Waals surface area (Å²) in [5, 5.41) is 0. The molecule has 136 valence electrons. The summed E-state index contributed by atoms with van der Waals surface area (Å²) in [6.45, 7) is 4.78. The summed E-state index contributed by atoms with van der Waals surface area (Å²) >= 11 is 0. The van der Waals surface area contributed by atoms with Gasteiger partial charge in [0.1, 0.15) is 0 Å². The van der Waals surface area contributed by atoms with Gasteiger partial charge >= 0.3 is 0 Å². The quantitative estimate of drug-likeness (QED) is 0.656. The van der Waals surface area contributed by atoms with Crippen molar-refractivity contribution in [2.24, 2.45) is 11.8 Å². The Balaban J connectivity index is 1.32. The van der Waals surface area contributed by atoms with E-state index in [2.05, 4.69) is 60.4 Å². The molecule has 1 nitrogen and oxygen atoms in total. The van der Waals surface area contributed by atoms with Crippen LogP contribution in [0.3, 0.4) is 0 Å². The fraction of sp³-hybridized carbons (Fsp3) is 0.520. The zero-order valence-electron chi connectivity index (χ0n) is 16.0. The van der Waals surface area contributed by atoms with Gasteiger partial charge in [0.05, 0.1) is 0 Å². The Kier molecular flexibility index (Phi) is 4.36. The first kappa shape index (κ1) is 16.6. The van der Waals surface area contributed by atoms with Crippen molar-refractivity contribution < 1.29 is 0 Å². The van der Waals surface area contributed by atoms with Crippen LogP contribution in [-0.4, -0.2) is 24.0 Å². The Bertz CT molecular complexity index is 754. The van der Waals surface area contributed by atoms with E-state index in [0.717, 1.165) is 23.8 Å². The fourth-order valence-corrected chi connectivity index (χ4v) is 6.05. The van der Waals surface area contributed by atoms with Crippen LogP contribution in [-0.2, 0) is 0 Å². The number of rotatable bonds is 3. The molecular weight excluding hydrogens is 314 g/mol. The van der Waals surface area contributed by atoms with E-state index in [0.29, 0.717) is 0 Å². The number of benzene rings is 2. The summed E-state index contributed by atoms with van der Waals surface area (Å²) < 4.78 is 0. The van der Waals surface area contributed by atoms with Crippen LogP contribution in [0.4, 0.5) is 0 Å². The zero-order valence-corrected chi connectivity index (χ0v) is 16.0. The fourth-order valence-electron chi connectivity index (χ4n) is 6.05. The van der Waals surface area contributed by atoms with Gasteiger partial charge in [0, 0.05) is 6.04 Å². The third kappa shape index (κ3) is 3.01. The highest BCUT2D eigenvalue weighted by Gasteiger charge is 2.42. The highest BCUT2D eigenvalue weighted by atomic mass is 15.2. The highest BCUT2D eigenvalue weighted by molar-refractivity contribution is 5.68. The molecular formula is C25H31N. The van der Waals surface area contributed by atoms with E-state index in [1.165, 1.54) is 68.3 Å². The summed E-state index contributed by atoms with van der Waals surface area (Å²) in [7, 11) is 0. The zero-order chi connectivity index (χ0) is 17.5. The molecule has 2 bridgehead atoms. The van der Waals surface area contributed by atoms with Crippen molar-refractivity contribution in [3.63, 3.8) is 0 Å². The first-order valence-corrected chi connectivity index (χ1v) is 10.7. The van der Waals surface area contributed by atoms with Crippen molar-refractivity contribution in [1.29, 1.82) is 0 Å². The molecule has 0 spiro atoms. The molecule has 3 fully saturated rings. The molecule has 26 heavy (non-hydrogen) atoms. The van der Waals surface area contributed by atoms with E-state index in [9.17, 15) is 0 Å². The van der Waals surface area contributed by atoms with Crippen LogP contribution in [0.25, 0.3) is 11.1 Å². The molecule has 1 aliphatic heterocycles. The third-order valence-corrected chi connectivity index (χ3v) is 7.46. The molecule has 0 N–H and O–H groups in total. The lowest BCUT2D eigenvalue weighted by Crippen LogP contribution is -2.43. The van der Waals surface area contributed by atoms with Gasteiger partial charge in [0.25, 0.3) is 0 Å². The second kappa shape index (κ2) is 6.85. The molecule has 1 heteroatoms. The molecule has 2 aromatic rings. The molecule has 0 aromatic heterocycles. The van der Waals surface area contributed by atoms with Crippen LogP contribution in [0.5, 0.6) is 0 Å². The number of likely N-dealkylation sites (tertiary alicyclic amines) is 1. The number of hydrogen-bond donors (Lipinski definition) is 0. The van der Waals surface area contributed by atoms with E-state index in [1.807, 2.05) is 0 Å². The Morgan fingerprint density at radius 3 is 2.27 bits per heavy atom. The van der Waals surface area contributed by atoms with Crippen LogP contribution in [0.15, 0.2) is 48.5 Å². The van der Waals surface area contributed by atoms with Crippen LogP contribution in [0, 0.1) is 18.8 Å². The van der Waals surface area contributed by atoms with Crippen molar-refractivity contribution in [3.8, 4) is 11.1 Å². The standard InChI is InChI=1S/C25H31N/c1-18-6-9-20(10-7-18)23-4-2-3-5-24(23)21-12-14-26(15-13-21)25-17-19-8-11-22(25)16-19/h2-7,9-10,19,21-22,25H,8,11-17H2,1H3/t19-,22-,25-/m0/s1. The SMILES string of the molecule is Cc1ccc(-c2ccccc2C2CCN([C@H]3C[C@H]4CC[C@H]3C4)CC2)cc1. The average Bonchev–Trinajstić information content (AvgIpc) is 3.32. The number of hydrogen-bond acceptors (Lipinski definition) is 1. The molecule has 2 aromatic carbocycles. The summed E-state index contributed by atoms with van der Waals surface area (Å²) in [5.74, 6) is 2.81. The van der Waals surface area contributed by atoms with Gasteiger partial charge in [-0.25, -0.2) is 0 Å². The van der Waals surface area contributed by atoms with Gasteiger partial charge < -0.3 is 4.90 Å². The lowest BCUT2D eigenvalue weighted by Gasteiger charge is -2.40. The van der Waals surface area contributed by atoms with Gasteiger partial charge in [0.15, 0.2) is 0 Å². The molecule has 0 radical (unpaired) electrons.